The van der Waals surface area contributed by atoms with Crippen LogP contribution in [0.15, 0.2) is 22.6 Å². The van der Waals surface area contributed by atoms with Crippen LogP contribution in [0.25, 0.3) is 11.0 Å². The lowest BCUT2D eigenvalue weighted by Gasteiger charge is -2.35. The lowest BCUT2D eigenvalue weighted by Crippen LogP contribution is -2.48. The van der Waals surface area contributed by atoms with E-state index < -0.39 is 0 Å². The summed E-state index contributed by atoms with van der Waals surface area (Å²) in [6, 6.07) is 5.83. The molecule has 1 aliphatic carbocycles. The highest BCUT2D eigenvalue weighted by Gasteiger charge is 2.22. The average molecular weight is 386 g/mol. The summed E-state index contributed by atoms with van der Waals surface area (Å²) in [5.41, 5.74) is 2.22. The molecule has 0 spiro atoms. The maximum atomic E-state index is 12.1. The Morgan fingerprint density at radius 1 is 1.21 bits per heavy atom. The Morgan fingerprint density at radius 2 is 2.00 bits per heavy atom. The van der Waals surface area contributed by atoms with Gasteiger partial charge in [-0.3, -0.25) is 9.69 Å². The summed E-state index contributed by atoms with van der Waals surface area (Å²) in [6.07, 6.45) is 4.96. The molecule has 1 saturated heterocycles. The number of hydrogen-bond donors (Lipinski definition) is 1. The van der Waals surface area contributed by atoms with E-state index in [1.54, 1.807) is 0 Å². The molecule has 4 rings (SSSR count). The van der Waals surface area contributed by atoms with Crippen molar-refractivity contribution in [3.05, 3.63) is 29.5 Å². The molecule has 28 heavy (non-hydrogen) atoms. The minimum atomic E-state index is -0.0938. The molecule has 2 unspecified atom stereocenters. The van der Waals surface area contributed by atoms with Gasteiger partial charge in [-0.25, -0.2) is 0 Å². The summed E-state index contributed by atoms with van der Waals surface area (Å²) in [6.45, 7) is 7.47. The van der Waals surface area contributed by atoms with Crippen LogP contribution >= 0.6 is 0 Å². The molecule has 0 radical (unpaired) electrons. The molecule has 1 N–H and O–H groups in total. The average Bonchev–Trinajstić information content (AvgIpc) is 3.03. The van der Waals surface area contributed by atoms with E-state index >= 15 is 0 Å². The Bertz CT molecular complexity index is 821. The standard InChI is InChI=1S/C22H30N2O4/c1-15-12-24(13-16(2)27-15)10-9-23-22(25)14-26-17-7-8-21-19(11-17)18-5-3-4-6-20(18)28-21/h7-8,11,15-16H,3-6,9-10,12-14H2,1-2H3,(H,23,25). The topological polar surface area (TPSA) is 63.9 Å². The number of rotatable bonds is 6. The van der Waals surface area contributed by atoms with Gasteiger partial charge in [0, 0.05) is 43.5 Å². The van der Waals surface area contributed by atoms with Crippen LogP contribution in [-0.2, 0) is 22.4 Å². The van der Waals surface area contributed by atoms with Gasteiger partial charge in [-0.05, 0) is 51.3 Å². The smallest absolute Gasteiger partial charge is 0.257 e. The molecule has 2 heterocycles. The van der Waals surface area contributed by atoms with Crippen LogP contribution in [-0.4, -0.2) is 55.8 Å². The number of hydrogen-bond acceptors (Lipinski definition) is 5. The largest absolute Gasteiger partial charge is 0.484 e. The number of nitrogens with one attached hydrogen (secondary N) is 1. The molecule has 152 valence electrons. The maximum Gasteiger partial charge on any atom is 0.257 e. The van der Waals surface area contributed by atoms with Crippen molar-refractivity contribution in [1.82, 2.24) is 10.2 Å². The Morgan fingerprint density at radius 3 is 2.82 bits per heavy atom. The number of furan rings is 1. The quantitative estimate of drug-likeness (QED) is 0.827. The highest BCUT2D eigenvalue weighted by atomic mass is 16.5. The Hall–Kier alpha value is -2.05. The van der Waals surface area contributed by atoms with E-state index in [4.69, 9.17) is 13.9 Å². The van der Waals surface area contributed by atoms with Crippen LogP contribution in [0.4, 0.5) is 0 Å². The van der Waals surface area contributed by atoms with E-state index in [1.807, 2.05) is 18.2 Å². The first-order chi connectivity index (χ1) is 13.6. The van der Waals surface area contributed by atoms with Crippen molar-refractivity contribution in [3.63, 3.8) is 0 Å². The molecule has 0 saturated carbocycles. The van der Waals surface area contributed by atoms with Crippen LogP contribution in [0.3, 0.4) is 0 Å². The van der Waals surface area contributed by atoms with Gasteiger partial charge in [-0.2, -0.15) is 0 Å². The second-order valence-electron chi connectivity index (χ2n) is 8.02. The first kappa shape index (κ1) is 19.3. The fourth-order valence-corrected chi connectivity index (χ4v) is 4.35. The van der Waals surface area contributed by atoms with Crippen LogP contribution in [0.2, 0.25) is 0 Å². The first-order valence-electron chi connectivity index (χ1n) is 10.4. The summed E-state index contributed by atoms with van der Waals surface area (Å²) >= 11 is 0. The zero-order chi connectivity index (χ0) is 19.5. The van der Waals surface area contributed by atoms with Gasteiger partial charge in [0.1, 0.15) is 17.1 Å². The molecule has 1 amide bonds. The van der Waals surface area contributed by atoms with E-state index in [0.29, 0.717) is 12.3 Å². The number of carbonyl (C=O) groups is 1. The predicted molar refractivity (Wildman–Crippen MR) is 108 cm³/mol. The molecule has 0 bridgehead atoms. The summed E-state index contributed by atoms with van der Waals surface area (Å²) in [5, 5.41) is 4.07. The van der Waals surface area contributed by atoms with Gasteiger partial charge in [0.05, 0.1) is 12.2 Å². The van der Waals surface area contributed by atoms with Crippen molar-refractivity contribution >= 4 is 16.9 Å². The molecule has 1 fully saturated rings. The van der Waals surface area contributed by atoms with Crippen molar-refractivity contribution < 1.29 is 18.7 Å². The zero-order valence-corrected chi connectivity index (χ0v) is 16.8. The van der Waals surface area contributed by atoms with Gasteiger partial charge in [0.25, 0.3) is 5.91 Å². The van der Waals surface area contributed by atoms with Crippen molar-refractivity contribution in [3.8, 4) is 5.75 Å². The third-order valence-corrected chi connectivity index (χ3v) is 5.54. The molecule has 1 aliphatic heterocycles. The van der Waals surface area contributed by atoms with E-state index in [9.17, 15) is 4.79 Å². The Balaban J connectivity index is 1.25. The van der Waals surface area contributed by atoms with Crippen LogP contribution in [0, 0.1) is 0 Å². The number of amides is 1. The SMILES string of the molecule is CC1CN(CCNC(=O)COc2ccc3oc4c(c3c2)CCCC4)CC(C)O1. The lowest BCUT2D eigenvalue weighted by atomic mass is 9.96. The number of fused-ring (bicyclic) bond motifs is 3. The molecule has 1 aromatic heterocycles. The number of nitrogens with zero attached hydrogens (tertiary/aromatic N) is 1. The number of aryl methyl sites for hydroxylation is 2. The minimum absolute atomic E-state index is 0.0292. The van der Waals surface area contributed by atoms with Gasteiger partial charge < -0.3 is 19.2 Å². The third kappa shape index (κ3) is 4.50. The fraction of sp³-hybridized carbons (Fsp3) is 0.591. The molecule has 6 nitrogen and oxygen atoms in total. The summed E-state index contributed by atoms with van der Waals surface area (Å²) < 4.78 is 17.4. The Labute approximate surface area is 166 Å². The number of carbonyl (C=O) groups excluding carboxylic acids is 1. The van der Waals surface area contributed by atoms with E-state index in [-0.39, 0.29) is 24.7 Å². The lowest BCUT2D eigenvalue weighted by molar-refractivity contribution is -0.123. The second kappa shape index (κ2) is 8.53. The molecule has 1 aromatic carbocycles. The first-order valence-corrected chi connectivity index (χ1v) is 10.4. The Kier molecular flexibility index (Phi) is 5.87. The maximum absolute atomic E-state index is 12.1. The molecule has 2 aliphatic rings. The number of ether oxygens (including phenoxy) is 2. The van der Waals surface area contributed by atoms with Crippen LogP contribution in [0.1, 0.15) is 38.0 Å². The summed E-state index contributed by atoms with van der Waals surface area (Å²) in [4.78, 5) is 14.5. The number of benzene rings is 1. The summed E-state index contributed by atoms with van der Waals surface area (Å²) in [5.74, 6) is 1.74. The van der Waals surface area contributed by atoms with Crippen molar-refractivity contribution in [2.75, 3.05) is 32.8 Å². The van der Waals surface area contributed by atoms with Crippen molar-refractivity contribution in [1.29, 1.82) is 0 Å². The van der Waals surface area contributed by atoms with E-state index in [2.05, 4.69) is 24.1 Å². The monoisotopic (exact) mass is 386 g/mol. The van der Waals surface area contributed by atoms with Gasteiger partial charge in [-0.1, -0.05) is 0 Å². The number of morpholine rings is 1. The van der Waals surface area contributed by atoms with Gasteiger partial charge in [0.15, 0.2) is 6.61 Å². The molecular weight excluding hydrogens is 356 g/mol. The van der Waals surface area contributed by atoms with Crippen LogP contribution < -0.4 is 10.1 Å². The van der Waals surface area contributed by atoms with Crippen molar-refractivity contribution in [2.45, 2.75) is 51.7 Å². The van der Waals surface area contributed by atoms with Crippen LogP contribution in [0.5, 0.6) is 5.75 Å². The van der Waals surface area contributed by atoms with E-state index in [0.717, 1.165) is 49.2 Å². The molecule has 6 heteroatoms. The molecule has 2 aromatic rings. The third-order valence-electron chi connectivity index (χ3n) is 5.54. The van der Waals surface area contributed by atoms with Gasteiger partial charge in [-0.15, -0.1) is 0 Å². The molecular formula is C22H30N2O4. The van der Waals surface area contributed by atoms with Crippen molar-refractivity contribution in [2.24, 2.45) is 0 Å². The summed E-state index contributed by atoms with van der Waals surface area (Å²) in [7, 11) is 0. The zero-order valence-electron chi connectivity index (χ0n) is 16.8. The highest BCUT2D eigenvalue weighted by molar-refractivity contribution is 5.84. The minimum Gasteiger partial charge on any atom is -0.484 e. The fourth-order valence-electron chi connectivity index (χ4n) is 4.35. The predicted octanol–water partition coefficient (Wildman–Crippen LogP) is 2.92. The second-order valence-corrected chi connectivity index (χ2v) is 8.02. The molecule has 2 atom stereocenters. The highest BCUT2D eigenvalue weighted by Crippen LogP contribution is 2.33. The van der Waals surface area contributed by atoms with Gasteiger partial charge >= 0.3 is 0 Å². The van der Waals surface area contributed by atoms with Gasteiger partial charge in [0.2, 0.25) is 0 Å². The normalized spacial score (nSPS) is 22.8. The van der Waals surface area contributed by atoms with E-state index in [1.165, 1.54) is 18.4 Å².